The molecule has 0 spiro atoms. The van der Waals surface area contributed by atoms with E-state index in [1.165, 1.54) is 18.2 Å². The van der Waals surface area contributed by atoms with E-state index in [-0.39, 0.29) is 24.0 Å². The highest BCUT2D eigenvalue weighted by atomic mass is 19.4. The van der Waals surface area contributed by atoms with Crippen LogP contribution in [0.25, 0.3) is 0 Å². The molecular weight excluding hydrogens is 297 g/mol. The molecule has 0 amide bonds. The zero-order valence-electron chi connectivity index (χ0n) is 11.1. The summed E-state index contributed by atoms with van der Waals surface area (Å²) in [5.41, 5.74) is 0.481. The van der Waals surface area contributed by atoms with Crippen molar-refractivity contribution in [3.05, 3.63) is 18.2 Å². The molecule has 3 nitrogen and oxygen atoms in total. The zero-order valence-corrected chi connectivity index (χ0v) is 11.1. The molecule has 1 unspecified atom stereocenters. The average molecular weight is 311 g/mol. The van der Waals surface area contributed by atoms with Crippen molar-refractivity contribution in [3.63, 3.8) is 0 Å². The van der Waals surface area contributed by atoms with Crippen LogP contribution in [0.3, 0.4) is 0 Å². The topological polar surface area (TPSA) is 30.5 Å². The van der Waals surface area contributed by atoms with Gasteiger partial charge in [-0.05, 0) is 31.9 Å². The number of anilines is 1. The second-order valence-corrected chi connectivity index (χ2v) is 4.88. The Balaban J connectivity index is 1.87. The number of hydrogen-bond donors (Lipinski definition) is 1. The number of benzene rings is 1. The number of hydrogen-bond acceptors (Lipinski definition) is 3. The molecule has 1 aromatic rings. The Hall–Kier alpha value is -1.73. The van der Waals surface area contributed by atoms with E-state index < -0.39 is 18.9 Å². The molecule has 0 fully saturated rings. The standard InChI is InChI=1S/C13H14F5NO2/c1-8(3-2-6-12(14,15)16)19-9-4-5-10-11(7-9)21-13(17,18)20-10/h4-5,7-8,19H,2-3,6H2,1H3. The number of ether oxygens (including phenoxy) is 2. The first-order valence-corrected chi connectivity index (χ1v) is 6.38. The Kier molecular flexibility index (Phi) is 4.15. The van der Waals surface area contributed by atoms with Crippen molar-refractivity contribution >= 4 is 5.69 Å². The molecule has 1 aliphatic heterocycles. The van der Waals surface area contributed by atoms with Crippen molar-refractivity contribution in [2.45, 2.75) is 44.7 Å². The van der Waals surface area contributed by atoms with Crippen molar-refractivity contribution in [3.8, 4) is 11.5 Å². The van der Waals surface area contributed by atoms with Gasteiger partial charge in [-0.2, -0.15) is 13.2 Å². The van der Waals surface area contributed by atoms with Gasteiger partial charge in [-0.3, -0.25) is 0 Å². The Morgan fingerprint density at radius 1 is 1.19 bits per heavy atom. The summed E-state index contributed by atoms with van der Waals surface area (Å²) in [6.07, 6.45) is -8.37. The van der Waals surface area contributed by atoms with Gasteiger partial charge in [-0.25, -0.2) is 0 Å². The van der Waals surface area contributed by atoms with Crippen LogP contribution < -0.4 is 14.8 Å². The minimum absolute atomic E-state index is 0.000287. The van der Waals surface area contributed by atoms with Gasteiger partial charge in [0, 0.05) is 24.2 Å². The highest BCUT2D eigenvalue weighted by molar-refractivity contribution is 5.56. The van der Waals surface area contributed by atoms with Gasteiger partial charge in [0.2, 0.25) is 0 Å². The van der Waals surface area contributed by atoms with Crippen molar-refractivity contribution in [1.82, 2.24) is 0 Å². The zero-order chi connectivity index (χ0) is 15.7. The molecule has 0 aromatic heterocycles. The fourth-order valence-electron chi connectivity index (χ4n) is 2.00. The lowest BCUT2D eigenvalue weighted by atomic mass is 10.1. The quantitative estimate of drug-likeness (QED) is 0.810. The number of fused-ring (bicyclic) bond motifs is 1. The van der Waals surface area contributed by atoms with Gasteiger partial charge >= 0.3 is 12.5 Å². The summed E-state index contributed by atoms with van der Waals surface area (Å²) in [5.74, 6) is -0.178. The maximum atomic E-state index is 12.8. The van der Waals surface area contributed by atoms with Gasteiger partial charge in [0.15, 0.2) is 11.5 Å². The van der Waals surface area contributed by atoms with Gasteiger partial charge in [-0.15, -0.1) is 8.78 Å². The summed E-state index contributed by atoms with van der Waals surface area (Å²) in [4.78, 5) is 0. The van der Waals surface area contributed by atoms with Gasteiger partial charge in [0.05, 0.1) is 0 Å². The Bertz CT molecular complexity index is 504. The largest absolute Gasteiger partial charge is 0.586 e. The second kappa shape index (κ2) is 5.57. The van der Waals surface area contributed by atoms with Crippen LogP contribution in [0.5, 0.6) is 11.5 Å². The predicted molar refractivity (Wildman–Crippen MR) is 65.6 cm³/mol. The van der Waals surface area contributed by atoms with Crippen molar-refractivity contribution in [2.24, 2.45) is 0 Å². The minimum atomic E-state index is -4.16. The molecule has 21 heavy (non-hydrogen) atoms. The molecule has 0 saturated heterocycles. The molecule has 1 aromatic carbocycles. The van der Waals surface area contributed by atoms with E-state index in [0.29, 0.717) is 12.1 Å². The van der Waals surface area contributed by atoms with Gasteiger partial charge < -0.3 is 14.8 Å². The average Bonchev–Trinajstić information content (AvgIpc) is 2.60. The number of nitrogens with one attached hydrogen (secondary N) is 1. The molecule has 1 heterocycles. The maximum Gasteiger partial charge on any atom is 0.586 e. The van der Waals surface area contributed by atoms with Crippen LogP contribution >= 0.6 is 0 Å². The summed E-state index contributed by atoms with van der Waals surface area (Å²) in [6, 6.07) is 3.93. The number of alkyl halides is 5. The highest BCUT2D eigenvalue weighted by Gasteiger charge is 2.43. The molecule has 1 aliphatic rings. The molecule has 8 heteroatoms. The SMILES string of the molecule is CC(CCCC(F)(F)F)Nc1ccc2c(c1)OC(F)(F)O2. The van der Waals surface area contributed by atoms with E-state index in [4.69, 9.17) is 0 Å². The second-order valence-electron chi connectivity index (χ2n) is 4.88. The van der Waals surface area contributed by atoms with E-state index in [2.05, 4.69) is 14.8 Å². The lowest BCUT2D eigenvalue weighted by Crippen LogP contribution is -2.25. The minimum Gasteiger partial charge on any atom is -0.395 e. The van der Waals surface area contributed by atoms with Crippen LogP contribution in [-0.4, -0.2) is 18.5 Å². The Morgan fingerprint density at radius 3 is 2.52 bits per heavy atom. The highest BCUT2D eigenvalue weighted by Crippen LogP contribution is 2.42. The molecule has 0 aliphatic carbocycles. The molecular formula is C13H14F5NO2. The van der Waals surface area contributed by atoms with Crippen LogP contribution in [0.1, 0.15) is 26.2 Å². The molecule has 1 atom stereocenters. The molecule has 2 rings (SSSR count). The van der Waals surface area contributed by atoms with Crippen LogP contribution in [0, 0.1) is 0 Å². The fourth-order valence-corrected chi connectivity index (χ4v) is 2.00. The fraction of sp³-hybridized carbons (Fsp3) is 0.538. The lowest BCUT2D eigenvalue weighted by Gasteiger charge is -2.16. The van der Waals surface area contributed by atoms with Crippen molar-refractivity contribution in [2.75, 3.05) is 5.32 Å². The summed E-state index contributed by atoms with van der Waals surface area (Å²) in [6.45, 7) is 1.72. The van der Waals surface area contributed by atoms with E-state index in [1.54, 1.807) is 6.92 Å². The summed E-state index contributed by atoms with van der Waals surface area (Å²) in [5, 5.41) is 2.94. The summed E-state index contributed by atoms with van der Waals surface area (Å²) < 4.78 is 70.3. The third kappa shape index (κ3) is 4.64. The van der Waals surface area contributed by atoms with Gasteiger partial charge in [0.1, 0.15) is 0 Å². The third-order valence-electron chi connectivity index (χ3n) is 2.91. The molecule has 0 saturated carbocycles. The number of rotatable bonds is 5. The van der Waals surface area contributed by atoms with E-state index in [0.717, 1.165) is 0 Å². The van der Waals surface area contributed by atoms with Crippen LogP contribution in [0.4, 0.5) is 27.6 Å². The molecule has 118 valence electrons. The maximum absolute atomic E-state index is 12.8. The number of halogens is 5. The van der Waals surface area contributed by atoms with E-state index >= 15 is 0 Å². The smallest absolute Gasteiger partial charge is 0.395 e. The Morgan fingerprint density at radius 2 is 1.86 bits per heavy atom. The van der Waals surface area contributed by atoms with Crippen LogP contribution in [0.15, 0.2) is 18.2 Å². The predicted octanol–water partition coefficient (Wildman–Crippen LogP) is 4.54. The van der Waals surface area contributed by atoms with Crippen LogP contribution in [-0.2, 0) is 0 Å². The first-order chi connectivity index (χ1) is 9.65. The normalized spacial score (nSPS) is 17.6. The first-order valence-electron chi connectivity index (χ1n) is 6.38. The molecule has 1 N–H and O–H groups in total. The van der Waals surface area contributed by atoms with Gasteiger partial charge in [0.25, 0.3) is 0 Å². The van der Waals surface area contributed by atoms with E-state index in [9.17, 15) is 22.0 Å². The molecule has 0 bridgehead atoms. The monoisotopic (exact) mass is 311 g/mol. The lowest BCUT2D eigenvalue weighted by molar-refractivity contribution is -0.286. The molecule has 0 radical (unpaired) electrons. The van der Waals surface area contributed by atoms with Gasteiger partial charge in [-0.1, -0.05) is 0 Å². The first kappa shape index (κ1) is 15.7. The Labute approximate surface area is 118 Å². The van der Waals surface area contributed by atoms with Crippen molar-refractivity contribution < 1.29 is 31.4 Å². The van der Waals surface area contributed by atoms with Crippen molar-refractivity contribution in [1.29, 1.82) is 0 Å². The third-order valence-corrected chi connectivity index (χ3v) is 2.91. The van der Waals surface area contributed by atoms with E-state index in [1.807, 2.05) is 0 Å². The summed E-state index contributed by atoms with van der Waals surface area (Å²) >= 11 is 0. The van der Waals surface area contributed by atoms with Crippen LogP contribution in [0.2, 0.25) is 0 Å². The summed E-state index contributed by atoms with van der Waals surface area (Å²) in [7, 11) is 0.